The van der Waals surface area contributed by atoms with Crippen molar-refractivity contribution >= 4 is 22.7 Å². The van der Waals surface area contributed by atoms with E-state index in [1.165, 1.54) is 0 Å². The Balaban J connectivity index is 1.95. The molecule has 6 nitrogen and oxygen atoms in total. The number of nitrogens with zero attached hydrogens (tertiary/aromatic N) is 3. The van der Waals surface area contributed by atoms with Crippen molar-refractivity contribution in [3.8, 4) is 11.3 Å². The van der Waals surface area contributed by atoms with Gasteiger partial charge in [-0.2, -0.15) is 0 Å². The first-order valence-electron chi connectivity index (χ1n) is 9.31. The van der Waals surface area contributed by atoms with Gasteiger partial charge in [0, 0.05) is 17.7 Å². The van der Waals surface area contributed by atoms with Gasteiger partial charge in [-0.1, -0.05) is 42.0 Å². The number of carbonyl (C=O) groups is 1. The highest BCUT2D eigenvalue weighted by Gasteiger charge is 2.17. The van der Waals surface area contributed by atoms with Crippen molar-refractivity contribution in [2.45, 2.75) is 33.4 Å². The van der Waals surface area contributed by atoms with E-state index in [0.29, 0.717) is 11.5 Å². The minimum atomic E-state index is -0.167. The normalized spacial score (nSPS) is 11.4. The number of fused-ring (bicyclic) bond motifs is 3. The Morgan fingerprint density at radius 3 is 2.43 bits per heavy atom. The van der Waals surface area contributed by atoms with Crippen LogP contribution in [0.4, 0.5) is 0 Å². The lowest BCUT2D eigenvalue weighted by Gasteiger charge is -2.10. The monoisotopic (exact) mass is 374 g/mol. The number of benzene rings is 2. The van der Waals surface area contributed by atoms with E-state index in [2.05, 4.69) is 5.32 Å². The van der Waals surface area contributed by atoms with Gasteiger partial charge < -0.3 is 9.88 Å². The molecule has 0 fully saturated rings. The van der Waals surface area contributed by atoms with Crippen molar-refractivity contribution in [2.24, 2.45) is 0 Å². The zero-order valence-electron chi connectivity index (χ0n) is 16.1. The number of nitrogens with one attached hydrogen (secondary N) is 1. The van der Waals surface area contributed by atoms with E-state index < -0.39 is 0 Å². The molecule has 4 aromatic rings. The summed E-state index contributed by atoms with van der Waals surface area (Å²) in [5.74, 6) is 0.344. The number of hydrogen-bond donors (Lipinski definition) is 1. The predicted molar refractivity (Wildman–Crippen MR) is 110 cm³/mol. The van der Waals surface area contributed by atoms with Crippen molar-refractivity contribution in [3.63, 3.8) is 0 Å². The molecule has 0 aliphatic carbocycles. The average molecular weight is 374 g/mol. The standard InChI is InChI=1S/C22H22N4O2/c1-14(2)23-20(27)13-25-18-6-4-5-7-19(18)26-21(28)12-17(24-22(25)26)16-10-8-15(3)9-11-16/h4-12,14H,13H2,1-3H3,(H,23,27). The second-order valence-electron chi connectivity index (χ2n) is 7.28. The van der Waals surface area contributed by atoms with E-state index in [1.54, 1.807) is 15.0 Å². The van der Waals surface area contributed by atoms with E-state index in [9.17, 15) is 9.59 Å². The number of aromatic nitrogens is 3. The molecule has 2 heterocycles. The summed E-state index contributed by atoms with van der Waals surface area (Å²) in [6.45, 7) is 5.95. The zero-order chi connectivity index (χ0) is 19.8. The molecule has 4 rings (SSSR count). The third kappa shape index (κ3) is 3.17. The van der Waals surface area contributed by atoms with Crippen LogP contribution in [-0.4, -0.2) is 25.9 Å². The minimum absolute atomic E-state index is 0.0411. The number of carbonyl (C=O) groups excluding carboxylic acids is 1. The van der Waals surface area contributed by atoms with Crippen LogP contribution in [0.5, 0.6) is 0 Å². The first kappa shape index (κ1) is 18.0. The number of hydrogen-bond acceptors (Lipinski definition) is 3. The van der Waals surface area contributed by atoms with Crippen molar-refractivity contribution in [3.05, 3.63) is 70.5 Å². The summed E-state index contributed by atoms with van der Waals surface area (Å²) in [6, 6.07) is 17.0. The van der Waals surface area contributed by atoms with E-state index in [-0.39, 0.29) is 24.1 Å². The Morgan fingerprint density at radius 1 is 1.07 bits per heavy atom. The van der Waals surface area contributed by atoms with Gasteiger partial charge in [0.15, 0.2) is 0 Å². The number of imidazole rings is 1. The van der Waals surface area contributed by atoms with Crippen LogP contribution in [0.1, 0.15) is 19.4 Å². The van der Waals surface area contributed by atoms with Gasteiger partial charge in [0.1, 0.15) is 6.54 Å². The maximum Gasteiger partial charge on any atom is 0.260 e. The van der Waals surface area contributed by atoms with Crippen LogP contribution in [0.2, 0.25) is 0 Å². The Hall–Kier alpha value is -3.41. The fraction of sp³-hybridized carbons (Fsp3) is 0.227. The molecule has 2 aromatic heterocycles. The molecule has 142 valence electrons. The number of aryl methyl sites for hydroxylation is 1. The zero-order valence-corrected chi connectivity index (χ0v) is 16.1. The Kier molecular flexibility index (Phi) is 4.47. The fourth-order valence-corrected chi connectivity index (χ4v) is 3.41. The average Bonchev–Trinajstić information content (AvgIpc) is 2.96. The molecule has 0 unspecified atom stereocenters. The van der Waals surface area contributed by atoms with Gasteiger partial charge in [0.2, 0.25) is 11.7 Å². The van der Waals surface area contributed by atoms with E-state index in [0.717, 1.165) is 22.2 Å². The highest BCUT2D eigenvalue weighted by molar-refractivity contribution is 5.85. The lowest BCUT2D eigenvalue weighted by molar-refractivity contribution is -0.122. The van der Waals surface area contributed by atoms with Crippen molar-refractivity contribution in [1.29, 1.82) is 0 Å². The van der Waals surface area contributed by atoms with Crippen molar-refractivity contribution in [1.82, 2.24) is 19.3 Å². The van der Waals surface area contributed by atoms with Gasteiger partial charge >= 0.3 is 0 Å². The molecule has 28 heavy (non-hydrogen) atoms. The van der Waals surface area contributed by atoms with Gasteiger partial charge in [-0.15, -0.1) is 0 Å². The quantitative estimate of drug-likeness (QED) is 0.597. The Bertz CT molecular complexity index is 1230. The number of rotatable bonds is 4. The Morgan fingerprint density at radius 2 is 1.75 bits per heavy atom. The largest absolute Gasteiger partial charge is 0.352 e. The van der Waals surface area contributed by atoms with Gasteiger partial charge in [0.25, 0.3) is 5.56 Å². The van der Waals surface area contributed by atoms with Crippen molar-refractivity contribution in [2.75, 3.05) is 0 Å². The summed E-state index contributed by atoms with van der Waals surface area (Å²) in [5.41, 5.74) is 3.97. The van der Waals surface area contributed by atoms with Crippen LogP contribution < -0.4 is 10.9 Å². The Labute approximate surface area is 162 Å². The SMILES string of the molecule is Cc1ccc(-c2cc(=O)n3c4ccccc4n(CC(=O)NC(C)C)c3n2)cc1. The predicted octanol–water partition coefficient (Wildman–Crippen LogP) is 3.15. The molecule has 2 aromatic carbocycles. The molecule has 0 spiro atoms. The highest BCUT2D eigenvalue weighted by Crippen LogP contribution is 2.22. The molecule has 0 bridgehead atoms. The number of amides is 1. The molecule has 6 heteroatoms. The fourth-order valence-electron chi connectivity index (χ4n) is 3.41. The third-order valence-corrected chi connectivity index (χ3v) is 4.65. The molecule has 0 atom stereocenters. The van der Waals surface area contributed by atoms with Crippen LogP contribution in [-0.2, 0) is 11.3 Å². The van der Waals surface area contributed by atoms with E-state index in [4.69, 9.17) is 4.98 Å². The van der Waals surface area contributed by atoms with Crippen LogP contribution in [0.3, 0.4) is 0 Å². The summed E-state index contributed by atoms with van der Waals surface area (Å²) in [5, 5.41) is 2.90. The summed E-state index contributed by atoms with van der Waals surface area (Å²) < 4.78 is 3.36. The molecule has 1 N–H and O–H groups in total. The maximum absolute atomic E-state index is 12.9. The number of para-hydroxylation sites is 2. The second kappa shape index (κ2) is 6.96. The van der Waals surface area contributed by atoms with Crippen LogP contribution in [0.25, 0.3) is 28.1 Å². The summed E-state index contributed by atoms with van der Waals surface area (Å²) >= 11 is 0. The minimum Gasteiger partial charge on any atom is -0.352 e. The molecule has 0 saturated carbocycles. The molecular weight excluding hydrogens is 352 g/mol. The molecule has 0 aliphatic rings. The van der Waals surface area contributed by atoms with Gasteiger partial charge in [-0.3, -0.25) is 9.59 Å². The summed E-state index contributed by atoms with van der Waals surface area (Å²) in [4.78, 5) is 30.1. The first-order valence-corrected chi connectivity index (χ1v) is 9.31. The third-order valence-electron chi connectivity index (χ3n) is 4.65. The topological polar surface area (TPSA) is 68.4 Å². The second-order valence-corrected chi connectivity index (χ2v) is 7.28. The lowest BCUT2D eigenvalue weighted by atomic mass is 10.1. The maximum atomic E-state index is 12.9. The van der Waals surface area contributed by atoms with Gasteiger partial charge in [-0.05, 0) is 32.9 Å². The summed E-state index contributed by atoms with van der Waals surface area (Å²) in [6.07, 6.45) is 0. The van der Waals surface area contributed by atoms with Crippen LogP contribution in [0, 0.1) is 6.92 Å². The van der Waals surface area contributed by atoms with E-state index >= 15 is 0 Å². The van der Waals surface area contributed by atoms with Crippen LogP contribution in [0.15, 0.2) is 59.4 Å². The molecule has 0 saturated heterocycles. The molecule has 0 radical (unpaired) electrons. The van der Waals surface area contributed by atoms with Gasteiger partial charge in [0.05, 0.1) is 16.7 Å². The highest BCUT2D eigenvalue weighted by atomic mass is 16.2. The van der Waals surface area contributed by atoms with Gasteiger partial charge in [-0.25, -0.2) is 9.38 Å². The molecule has 0 aliphatic heterocycles. The smallest absolute Gasteiger partial charge is 0.260 e. The van der Waals surface area contributed by atoms with E-state index in [1.807, 2.05) is 69.3 Å². The van der Waals surface area contributed by atoms with Crippen LogP contribution >= 0.6 is 0 Å². The summed E-state index contributed by atoms with van der Waals surface area (Å²) in [7, 11) is 0. The molecule has 1 amide bonds. The first-order chi connectivity index (χ1) is 13.4. The lowest BCUT2D eigenvalue weighted by Crippen LogP contribution is -2.33. The molecular formula is C22H22N4O2. The van der Waals surface area contributed by atoms with Crippen molar-refractivity contribution < 1.29 is 4.79 Å².